The van der Waals surface area contributed by atoms with Crippen LogP contribution in [0.15, 0.2) is 108 Å². The quantitative estimate of drug-likeness (QED) is 0.308. The van der Waals surface area contributed by atoms with Crippen molar-refractivity contribution in [2.45, 2.75) is 17.9 Å². The van der Waals surface area contributed by atoms with Crippen molar-refractivity contribution in [1.82, 2.24) is 5.32 Å². The van der Waals surface area contributed by atoms with Gasteiger partial charge in [-0.05, 0) is 42.3 Å². The number of anilines is 1. The molecule has 8 heteroatoms. The maximum Gasteiger partial charge on any atom is 0.264 e. The molecule has 0 saturated carbocycles. The van der Waals surface area contributed by atoms with Gasteiger partial charge in [-0.1, -0.05) is 78.4 Å². The summed E-state index contributed by atoms with van der Waals surface area (Å²) in [4.78, 5) is 13.6. The third-order valence-electron chi connectivity index (χ3n) is 6.12. The molecule has 0 fully saturated rings. The van der Waals surface area contributed by atoms with Gasteiger partial charge < -0.3 is 14.8 Å². The van der Waals surface area contributed by atoms with Gasteiger partial charge >= 0.3 is 0 Å². The lowest BCUT2D eigenvalue weighted by Gasteiger charge is -2.27. The van der Waals surface area contributed by atoms with Crippen molar-refractivity contribution in [3.63, 3.8) is 0 Å². The van der Waals surface area contributed by atoms with Gasteiger partial charge in [0, 0.05) is 6.07 Å². The minimum Gasteiger partial charge on any atom is -0.493 e. The zero-order valence-electron chi connectivity index (χ0n) is 21.5. The summed E-state index contributed by atoms with van der Waals surface area (Å²) in [5, 5.41) is 3.04. The van der Waals surface area contributed by atoms with Crippen LogP contribution in [0.2, 0.25) is 0 Å². The number of hydrogen-bond acceptors (Lipinski definition) is 5. The van der Waals surface area contributed by atoms with Crippen molar-refractivity contribution >= 4 is 21.6 Å². The van der Waals surface area contributed by atoms with Crippen LogP contribution in [-0.4, -0.2) is 35.1 Å². The molecule has 0 aliphatic rings. The second-order valence-corrected chi connectivity index (χ2v) is 10.5. The highest BCUT2D eigenvalue weighted by molar-refractivity contribution is 7.92. The molecule has 1 N–H and O–H groups in total. The summed E-state index contributed by atoms with van der Waals surface area (Å²) in [6, 6.07) is 29.7. The molecule has 38 heavy (non-hydrogen) atoms. The number of nitrogens with one attached hydrogen (secondary N) is 1. The van der Waals surface area contributed by atoms with Gasteiger partial charge in [0.05, 0.1) is 30.8 Å². The molecule has 0 aliphatic carbocycles. The molecule has 4 rings (SSSR count). The first kappa shape index (κ1) is 26.8. The van der Waals surface area contributed by atoms with Crippen LogP contribution in [0, 0.1) is 6.92 Å². The van der Waals surface area contributed by atoms with Crippen molar-refractivity contribution in [2.24, 2.45) is 0 Å². The smallest absolute Gasteiger partial charge is 0.264 e. The summed E-state index contributed by atoms with van der Waals surface area (Å²) in [6.45, 7) is 1.55. The highest BCUT2D eigenvalue weighted by Gasteiger charge is 2.29. The number of amides is 1. The summed E-state index contributed by atoms with van der Waals surface area (Å²) in [6.07, 6.45) is 0. The molecule has 0 spiro atoms. The standard InChI is InChI=1S/C30H30N2O5S/c1-22-14-16-24(17-15-22)30(23-10-6-4-7-11-23)31-29(33)21-32(38(34,35)26-12-8-5-9-13-26)25-18-19-27(36-2)28(20-25)37-3/h4-20,30H,21H2,1-3H3,(H,31,33)/t30-/m0/s1. The van der Waals surface area contributed by atoms with E-state index >= 15 is 0 Å². The van der Waals surface area contributed by atoms with Gasteiger partial charge in [0.1, 0.15) is 6.54 Å². The second-order valence-electron chi connectivity index (χ2n) is 8.69. The molecule has 4 aromatic rings. The zero-order valence-corrected chi connectivity index (χ0v) is 22.3. The zero-order chi connectivity index (χ0) is 27.1. The predicted molar refractivity (Wildman–Crippen MR) is 148 cm³/mol. The number of nitrogens with zero attached hydrogens (tertiary/aromatic N) is 1. The van der Waals surface area contributed by atoms with Gasteiger partial charge in [-0.25, -0.2) is 8.42 Å². The molecule has 0 unspecified atom stereocenters. The van der Waals surface area contributed by atoms with E-state index in [9.17, 15) is 13.2 Å². The minimum absolute atomic E-state index is 0.0701. The van der Waals surface area contributed by atoms with Crippen molar-refractivity contribution in [3.8, 4) is 11.5 Å². The molecule has 1 atom stereocenters. The van der Waals surface area contributed by atoms with Crippen LogP contribution in [0.3, 0.4) is 0 Å². The first-order valence-electron chi connectivity index (χ1n) is 12.0. The molecule has 0 aromatic heterocycles. The number of hydrogen-bond donors (Lipinski definition) is 1. The fourth-order valence-electron chi connectivity index (χ4n) is 4.12. The third-order valence-corrected chi connectivity index (χ3v) is 7.91. The van der Waals surface area contributed by atoms with Crippen molar-refractivity contribution in [3.05, 3.63) is 120 Å². The number of rotatable bonds is 10. The molecular formula is C30H30N2O5S. The van der Waals surface area contributed by atoms with E-state index < -0.39 is 28.5 Å². The molecule has 0 aliphatic heterocycles. The molecule has 4 aromatic carbocycles. The van der Waals surface area contributed by atoms with Crippen LogP contribution in [0.5, 0.6) is 11.5 Å². The molecule has 196 valence electrons. The average molecular weight is 531 g/mol. The lowest BCUT2D eigenvalue weighted by molar-refractivity contribution is -0.120. The summed E-state index contributed by atoms with van der Waals surface area (Å²) in [7, 11) is -1.12. The van der Waals surface area contributed by atoms with E-state index in [0.29, 0.717) is 11.5 Å². The van der Waals surface area contributed by atoms with Gasteiger partial charge in [0.15, 0.2) is 11.5 Å². The van der Waals surface area contributed by atoms with E-state index in [0.717, 1.165) is 21.0 Å². The number of carbonyl (C=O) groups excluding carboxylic acids is 1. The lowest BCUT2D eigenvalue weighted by atomic mass is 9.98. The van der Waals surface area contributed by atoms with E-state index in [1.165, 1.54) is 26.4 Å². The number of aryl methyl sites for hydroxylation is 1. The third kappa shape index (κ3) is 5.98. The molecule has 0 radical (unpaired) electrons. The van der Waals surface area contributed by atoms with E-state index in [1.807, 2.05) is 61.5 Å². The first-order chi connectivity index (χ1) is 18.3. The van der Waals surface area contributed by atoms with E-state index in [1.54, 1.807) is 36.4 Å². The number of benzene rings is 4. The maximum atomic E-state index is 13.8. The largest absolute Gasteiger partial charge is 0.493 e. The highest BCUT2D eigenvalue weighted by Crippen LogP contribution is 2.34. The van der Waals surface area contributed by atoms with Gasteiger partial charge in [-0.3, -0.25) is 9.10 Å². The minimum atomic E-state index is -4.09. The Balaban J connectivity index is 1.71. The van der Waals surface area contributed by atoms with Gasteiger partial charge in [-0.2, -0.15) is 0 Å². The Morgan fingerprint density at radius 3 is 1.97 bits per heavy atom. The Labute approximate surface area is 223 Å². The van der Waals surface area contributed by atoms with Crippen LogP contribution >= 0.6 is 0 Å². The first-order valence-corrected chi connectivity index (χ1v) is 13.5. The maximum absolute atomic E-state index is 13.8. The average Bonchev–Trinajstić information content (AvgIpc) is 2.95. The second kappa shape index (κ2) is 11.8. The fraction of sp³-hybridized carbons (Fsp3) is 0.167. The summed E-state index contributed by atoms with van der Waals surface area (Å²) in [5.41, 5.74) is 3.14. The summed E-state index contributed by atoms with van der Waals surface area (Å²) in [5.74, 6) is 0.329. The number of sulfonamides is 1. The highest BCUT2D eigenvalue weighted by atomic mass is 32.2. The lowest BCUT2D eigenvalue weighted by Crippen LogP contribution is -2.42. The fourth-order valence-corrected chi connectivity index (χ4v) is 5.55. The molecule has 0 bridgehead atoms. The monoisotopic (exact) mass is 530 g/mol. The number of methoxy groups -OCH3 is 2. The normalized spacial score (nSPS) is 11.9. The Kier molecular flexibility index (Phi) is 8.33. The van der Waals surface area contributed by atoms with Crippen LogP contribution in [0.25, 0.3) is 0 Å². The van der Waals surface area contributed by atoms with Crippen molar-refractivity contribution < 1.29 is 22.7 Å². The SMILES string of the molecule is COc1ccc(N(CC(=O)N[C@@H](c2ccccc2)c2ccc(C)cc2)S(=O)(=O)c2ccccc2)cc1OC. The van der Waals surface area contributed by atoms with Crippen LogP contribution in [0.1, 0.15) is 22.7 Å². The summed E-state index contributed by atoms with van der Waals surface area (Å²) < 4.78 is 39.3. The van der Waals surface area contributed by atoms with E-state index in [-0.39, 0.29) is 10.6 Å². The van der Waals surface area contributed by atoms with Crippen LogP contribution in [-0.2, 0) is 14.8 Å². The van der Waals surface area contributed by atoms with Crippen LogP contribution in [0.4, 0.5) is 5.69 Å². The van der Waals surface area contributed by atoms with Gasteiger partial charge in [0.2, 0.25) is 5.91 Å². The molecule has 0 heterocycles. The summed E-state index contributed by atoms with van der Waals surface area (Å²) >= 11 is 0. The van der Waals surface area contributed by atoms with Crippen molar-refractivity contribution in [1.29, 1.82) is 0 Å². The molecule has 7 nitrogen and oxygen atoms in total. The Morgan fingerprint density at radius 2 is 1.37 bits per heavy atom. The molecule has 1 amide bonds. The van der Waals surface area contributed by atoms with Crippen molar-refractivity contribution in [2.75, 3.05) is 25.1 Å². The Morgan fingerprint density at radius 1 is 0.789 bits per heavy atom. The molecule has 0 saturated heterocycles. The van der Waals surface area contributed by atoms with Gasteiger partial charge in [-0.15, -0.1) is 0 Å². The number of ether oxygens (including phenoxy) is 2. The topological polar surface area (TPSA) is 84.9 Å². The van der Waals surface area contributed by atoms with E-state index in [2.05, 4.69) is 5.32 Å². The Bertz CT molecular complexity index is 1470. The predicted octanol–water partition coefficient (Wildman–Crippen LogP) is 5.11. The number of carbonyl (C=O) groups is 1. The Hall–Kier alpha value is -4.30. The van der Waals surface area contributed by atoms with E-state index in [4.69, 9.17) is 9.47 Å². The molecular weight excluding hydrogens is 500 g/mol. The van der Waals surface area contributed by atoms with Gasteiger partial charge in [0.25, 0.3) is 10.0 Å². The van der Waals surface area contributed by atoms with Crippen LogP contribution < -0.4 is 19.1 Å².